The van der Waals surface area contributed by atoms with Crippen LogP contribution in [0.4, 0.5) is 10.5 Å². The van der Waals surface area contributed by atoms with Crippen molar-refractivity contribution in [1.82, 2.24) is 4.90 Å². The molecule has 4 rings (SSSR count). The topological polar surface area (TPSA) is 41.6 Å². The molecule has 1 aliphatic heterocycles. The predicted molar refractivity (Wildman–Crippen MR) is 135 cm³/mol. The third kappa shape index (κ3) is 5.95. The molecule has 0 saturated heterocycles. The Labute approximate surface area is 197 Å². The molecule has 1 amide bonds. The largest absolute Gasteiger partial charge is 0.415 e. The monoisotopic (exact) mass is 442 g/mol. The molecular weight excluding hydrogens is 408 g/mol. The number of aryl methyl sites for hydroxylation is 1. The summed E-state index contributed by atoms with van der Waals surface area (Å²) in [6, 6.07) is 24.8. The molecule has 33 heavy (non-hydrogen) atoms. The minimum atomic E-state index is -0.313. The first-order valence-electron chi connectivity index (χ1n) is 11.9. The molecule has 1 N–H and O–H groups in total. The highest BCUT2D eigenvalue weighted by atomic mass is 16.6. The number of fused-ring (bicyclic) bond motifs is 1. The Morgan fingerprint density at radius 3 is 2.42 bits per heavy atom. The summed E-state index contributed by atoms with van der Waals surface area (Å²) in [5, 5.41) is 3.41. The number of anilines is 1. The molecule has 3 aromatic rings. The van der Waals surface area contributed by atoms with Crippen LogP contribution in [0.15, 0.2) is 72.8 Å². The van der Waals surface area contributed by atoms with E-state index in [0.29, 0.717) is 18.8 Å². The fourth-order valence-corrected chi connectivity index (χ4v) is 4.20. The van der Waals surface area contributed by atoms with Gasteiger partial charge in [0.05, 0.1) is 5.69 Å². The van der Waals surface area contributed by atoms with Gasteiger partial charge in [-0.05, 0) is 53.0 Å². The molecule has 3 aromatic carbocycles. The van der Waals surface area contributed by atoms with Gasteiger partial charge < -0.3 is 15.0 Å². The predicted octanol–water partition coefficient (Wildman–Crippen LogP) is 6.59. The molecule has 0 spiro atoms. The highest BCUT2D eigenvalue weighted by Gasteiger charge is 2.21. The van der Waals surface area contributed by atoms with Gasteiger partial charge in [-0.3, -0.25) is 0 Å². The third-order valence-electron chi connectivity index (χ3n) is 6.20. The Bertz CT molecular complexity index is 1070. The van der Waals surface area contributed by atoms with E-state index in [9.17, 15) is 4.79 Å². The van der Waals surface area contributed by atoms with E-state index in [1.54, 1.807) is 4.90 Å². The zero-order valence-electron chi connectivity index (χ0n) is 19.9. The molecule has 0 radical (unpaired) electrons. The Kier molecular flexibility index (Phi) is 7.02. The van der Waals surface area contributed by atoms with Crippen LogP contribution in [-0.4, -0.2) is 24.1 Å². The second-order valence-electron chi connectivity index (χ2n) is 9.79. The van der Waals surface area contributed by atoms with Crippen molar-refractivity contribution in [1.29, 1.82) is 0 Å². The van der Waals surface area contributed by atoms with Crippen LogP contribution in [0.1, 0.15) is 49.4 Å². The normalized spacial score (nSPS) is 13.1. The standard InChI is InChI=1S/C29H34N2O2/c1-29(2,3)25-16-14-23(15-17-25)21-31(20-18-22-9-5-4-6-10-22)28(32)33-26-13-7-11-24-12-8-19-30-27(24)26/h4-7,9-11,13-17,30H,8,12,18-21H2,1-3H3. The quantitative estimate of drug-likeness (QED) is 0.468. The van der Waals surface area contributed by atoms with Crippen LogP contribution in [0.2, 0.25) is 0 Å². The van der Waals surface area contributed by atoms with Crippen molar-refractivity contribution in [2.75, 3.05) is 18.4 Å². The Balaban J connectivity index is 1.52. The summed E-state index contributed by atoms with van der Waals surface area (Å²) in [5.74, 6) is 0.616. The molecule has 4 heteroatoms. The highest BCUT2D eigenvalue weighted by molar-refractivity contribution is 5.75. The van der Waals surface area contributed by atoms with Crippen molar-refractivity contribution in [3.05, 3.63) is 95.1 Å². The lowest BCUT2D eigenvalue weighted by atomic mass is 9.87. The van der Waals surface area contributed by atoms with Crippen molar-refractivity contribution in [3.8, 4) is 5.75 Å². The summed E-state index contributed by atoms with van der Waals surface area (Å²) in [6.45, 7) is 8.63. The van der Waals surface area contributed by atoms with Gasteiger partial charge in [0.25, 0.3) is 0 Å². The molecule has 0 saturated carbocycles. The van der Waals surface area contributed by atoms with Crippen LogP contribution in [0, 0.1) is 0 Å². The molecule has 0 bridgehead atoms. The van der Waals surface area contributed by atoms with Crippen LogP contribution in [0.25, 0.3) is 0 Å². The highest BCUT2D eigenvalue weighted by Crippen LogP contribution is 2.32. The van der Waals surface area contributed by atoms with E-state index < -0.39 is 0 Å². The lowest BCUT2D eigenvalue weighted by Crippen LogP contribution is -2.35. The summed E-state index contributed by atoms with van der Waals surface area (Å²) in [6.07, 6.45) is 2.57. The summed E-state index contributed by atoms with van der Waals surface area (Å²) in [5.41, 5.74) is 5.85. The van der Waals surface area contributed by atoms with Crippen LogP contribution >= 0.6 is 0 Å². The number of amides is 1. The first-order valence-corrected chi connectivity index (χ1v) is 11.9. The van der Waals surface area contributed by atoms with E-state index >= 15 is 0 Å². The van der Waals surface area contributed by atoms with Gasteiger partial charge >= 0.3 is 6.09 Å². The number of ether oxygens (including phenoxy) is 1. The van der Waals surface area contributed by atoms with Gasteiger partial charge in [-0.1, -0.05) is 87.5 Å². The number of para-hydroxylation sites is 1. The van der Waals surface area contributed by atoms with Crippen LogP contribution in [-0.2, 0) is 24.8 Å². The second-order valence-corrected chi connectivity index (χ2v) is 9.79. The first kappa shape index (κ1) is 22.9. The van der Waals surface area contributed by atoms with Crippen LogP contribution in [0.5, 0.6) is 5.75 Å². The van der Waals surface area contributed by atoms with Crippen molar-refractivity contribution in [3.63, 3.8) is 0 Å². The van der Waals surface area contributed by atoms with Crippen molar-refractivity contribution >= 4 is 11.8 Å². The fraction of sp³-hybridized carbons (Fsp3) is 0.345. The fourth-order valence-electron chi connectivity index (χ4n) is 4.20. The van der Waals surface area contributed by atoms with E-state index in [1.165, 1.54) is 16.7 Å². The molecule has 0 unspecified atom stereocenters. The molecule has 0 aliphatic carbocycles. The number of carbonyl (C=O) groups excluding carboxylic acids is 1. The Morgan fingerprint density at radius 2 is 1.70 bits per heavy atom. The SMILES string of the molecule is CC(C)(C)c1ccc(CN(CCc2ccccc2)C(=O)Oc2cccc3c2NCCC3)cc1. The van der Waals surface area contributed by atoms with E-state index in [-0.39, 0.29) is 11.5 Å². The van der Waals surface area contributed by atoms with E-state index in [0.717, 1.165) is 37.1 Å². The number of rotatable bonds is 6. The molecule has 0 aromatic heterocycles. The minimum absolute atomic E-state index is 0.101. The molecule has 172 valence electrons. The van der Waals surface area contributed by atoms with Gasteiger partial charge in [0.2, 0.25) is 0 Å². The van der Waals surface area contributed by atoms with Crippen LogP contribution < -0.4 is 10.1 Å². The van der Waals surface area contributed by atoms with Crippen molar-refractivity contribution in [2.24, 2.45) is 0 Å². The number of carbonyl (C=O) groups is 1. The van der Waals surface area contributed by atoms with E-state index in [1.807, 2.05) is 30.3 Å². The smallest absolute Gasteiger partial charge is 0.408 e. The average molecular weight is 443 g/mol. The summed E-state index contributed by atoms with van der Waals surface area (Å²) < 4.78 is 5.94. The third-order valence-corrected chi connectivity index (χ3v) is 6.20. The maximum Gasteiger partial charge on any atom is 0.415 e. The molecule has 0 atom stereocenters. The van der Waals surface area contributed by atoms with Gasteiger partial charge in [0.1, 0.15) is 0 Å². The second kappa shape index (κ2) is 10.1. The Morgan fingerprint density at radius 1 is 0.939 bits per heavy atom. The molecule has 0 fully saturated rings. The average Bonchev–Trinajstić information content (AvgIpc) is 2.82. The number of hydrogen-bond donors (Lipinski definition) is 1. The van der Waals surface area contributed by atoms with Gasteiger partial charge in [-0.25, -0.2) is 4.79 Å². The minimum Gasteiger partial charge on any atom is -0.408 e. The van der Waals surface area contributed by atoms with E-state index in [4.69, 9.17) is 4.74 Å². The van der Waals surface area contributed by atoms with Gasteiger partial charge in [0.15, 0.2) is 5.75 Å². The van der Waals surface area contributed by atoms with Gasteiger partial charge in [-0.2, -0.15) is 0 Å². The zero-order chi connectivity index (χ0) is 23.3. The van der Waals surface area contributed by atoms with Gasteiger partial charge in [0, 0.05) is 19.6 Å². The number of nitrogens with one attached hydrogen (secondary N) is 1. The lowest BCUT2D eigenvalue weighted by molar-refractivity contribution is 0.150. The summed E-state index contributed by atoms with van der Waals surface area (Å²) in [7, 11) is 0. The maximum absolute atomic E-state index is 13.3. The lowest BCUT2D eigenvalue weighted by Gasteiger charge is -2.25. The number of hydrogen-bond acceptors (Lipinski definition) is 3. The molecule has 4 nitrogen and oxygen atoms in total. The number of benzene rings is 3. The first-order chi connectivity index (χ1) is 15.9. The maximum atomic E-state index is 13.3. The zero-order valence-corrected chi connectivity index (χ0v) is 19.9. The van der Waals surface area contributed by atoms with Gasteiger partial charge in [-0.15, -0.1) is 0 Å². The Hall–Kier alpha value is -3.27. The summed E-state index contributed by atoms with van der Waals surface area (Å²) >= 11 is 0. The summed E-state index contributed by atoms with van der Waals surface area (Å²) in [4.78, 5) is 15.1. The number of nitrogens with zero attached hydrogens (tertiary/aromatic N) is 1. The van der Waals surface area contributed by atoms with Crippen molar-refractivity contribution < 1.29 is 9.53 Å². The van der Waals surface area contributed by atoms with Crippen molar-refractivity contribution in [2.45, 2.75) is 52.0 Å². The van der Waals surface area contributed by atoms with Crippen LogP contribution in [0.3, 0.4) is 0 Å². The molecular formula is C29H34N2O2. The molecule has 1 aliphatic rings. The van der Waals surface area contributed by atoms with E-state index in [2.05, 4.69) is 68.6 Å². The molecule has 1 heterocycles.